The molecule has 30 heavy (non-hydrogen) atoms. The number of esters is 1. The molecule has 0 saturated carbocycles. The van der Waals surface area contributed by atoms with E-state index in [0.717, 1.165) is 32.3 Å². The molecular weight excluding hydrogens is 470 g/mol. The lowest BCUT2D eigenvalue weighted by atomic mass is 10.2. The molecule has 0 bridgehead atoms. The van der Waals surface area contributed by atoms with Gasteiger partial charge in [0.05, 0.1) is 15.5 Å². The summed E-state index contributed by atoms with van der Waals surface area (Å²) in [6.07, 6.45) is 1.30. The number of hydrogen-bond donors (Lipinski definition) is 0. The van der Waals surface area contributed by atoms with Crippen LogP contribution < -0.4 is 4.74 Å². The molecule has 1 heterocycles. The van der Waals surface area contributed by atoms with Crippen LogP contribution in [0.25, 0.3) is 6.08 Å². The van der Waals surface area contributed by atoms with Gasteiger partial charge in [-0.25, -0.2) is 0 Å². The maximum Gasteiger partial charge on any atom is 0.326 e. The first kappa shape index (κ1) is 22.1. The number of hydrogen-bond acceptors (Lipinski definition) is 6. The van der Waals surface area contributed by atoms with Crippen molar-refractivity contribution >= 4 is 50.9 Å². The molecule has 6 nitrogen and oxygen atoms in total. The molecule has 0 N–H and O–H groups in total. The zero-order chi connectivity index (χ0) is 21.7. The lowest BCUT2D eigenvalue weighted by molar-refractivity contribution is -0.149. The number of nitrogens with zero attached hydrogens (tertiary/aromatic N) is 1. The summed E-state index contributed by atoms with van der Waals surface area (Å²) < 4.78 is 11.6. The lowest BCUT2D eigenvalue weighted by Crippen LogP contribution is -2.35. The Morgan fingerprint density at radius 2 is 1.90 bits per heavy atom. The highest BCUT2D eigenvalue weighted by atomic mass is 79.9. The summed E-state index contributed by atoms with van der Waals surface area (Å²) in [7, 11) is 0. The van der Waals surface area contributed by atoms with E-state index in [1.54, 1.807) is 38.1 Å². The molecular formula is C22H20BrNO5S. The third-order valence-electron chi connectivity index (χ3n) is 4.02. The highest BCUT2D eigenvalue weighted by Gasteiger charge is 2.36. The van der Waals surface area contributed by atoms with Crippen molar-refractivity contribution in [2.24, 2.45) is 0 Å². The van der Waals surface area contributed by atoms with Crippen LogP contribution in [0.1, 0.15) is 25.0 Å². The van der Waals surface area contributed by atoms with E-state index < -0.39 is 23.7 Å². The van der Waals surface area contributed by atoms with E-state index in [9.17, 15) is 14.4 Å². The number of ether oxygens (including phenoxy) is 2. The number of carbonyl (C=O) groups is 3. The van der Waals surface area contributed by atoms with Gasteiger partial charge in [-0.05, 0) is 70.9 Å². The predicted octanol–water partition coefficient (Wildman–Crippen LogP) is 5.02. The third-order valence-corrected chi connectivity index (χ3v) is 5.55. The summed E-state index contributed by atoms with van der Waals surface area (Å²) in [6.45, 7) is 3.45. The van der Waals surface area contributed by atoms with Gasteiger partial charge in [0, 0.05) is 0 Å². The van der Waals surface area contributed by atoms with Gasteiger partial charge in [-0.2, -0.15) is 0 Å². The van der Waals surface area contributed by atoms with Crippen molar-refractivity contribution in [1.82, 2.24) is 4.90 Å². The third kappa shape index (κ3) is 5.73. The highest BCUT2D eigenvalue weighted by Crippen LogP contribution is 2.34. The molecule has 1 aliphatic heterocycles. The van der Waals surface area contributed by atoms with Crippen LogP contribution in [0.3, 0.4) is 0 Å². The van der Waals surface area contributed by atoms with Gasteiger partial charge in [-0.15, -0.1) is 0 Å². The van der Waals surface area contributed by atoms with Crippen LogP contribution in [0.2, 0.25) is 0 Å². The van der Waals surface area contributed by atoms with Crippen molar-refractivity contribution in [2.75, 3.05) is 6.54 Å². The van der Waals surface area contributed by atoms with Crippen molar-refractivity contribution in [3.8, 4) is 5.75 Å². The van der Waals surface area contributed by atoms with Gasteiger partial charge in [-0.1, -0.05) is 36.4 Å². The molecule has 156 valence electrons. The fourth-order valence-electron chi connectivity index (χ4n) is 2.68. The van der Waals surface area contributed by atoms with Crippen molar-refractivity contribution in [2.45, 2.75) is 26.6 Å². The topological polar surface area (TPSA) is 72.9 Å². The summed E-state index contributed by atoms with van der Waals surface area (Å²) in [5.74, 6) is -0.456. The Bertz CT molecular complexity index is 990. The zero-order valence-electron chi connectivity index (χ0n) is 16.5. The Kier molecular flexibility index (Phi) is 7.33. The summed E-state index contributed by atoms with van der Waals surface area (Å²) in [4.78, 5) is 37.6. The summed E-state index contributed by atoms with van der Waals surface area (Å²) in [5.41, 5.74) is 1.78. The standard InChI is InChI=1S/C22H20BrNO5S/c1-14(2)29-20(25)12-24-21(26)19(30-22(24)27)11-16-8-9-18(17(23)10-16)28-13-15-6-4-3-5-7-15/h3-11,14H,12-13H2,1-2H3/b19-11+. The van der Waals surface area contributed by atoms with E-state index >= 15 is 0 Å². The first-order chi connectivity index (χ1) is 14.3. The molecule has 2 aromatic carbocycles. The van der Waals surface area contributed by atoms with E-state index in [4.69, 9.17) is 9.47 Å². The van der Waals surface area contributed by atoms with Gasteiger partial charge in [-0.3, -0.25) is 19.3 Å². The van der Waals surface area contributed by atoms with Crippen LogP contribution in [0.4, 0.5) is 4.79 Å². The molecule has 2 aromatic rings. The van der Waals surface area contributed by atoms with Crippen molar-refractivity contribution in [3.63, 3.8) is 0 Å². The van der Waals surface area contributed by atoms with E-state index in [0.29, 0.717) is 12.4 Å². The second-order valence-electron chi connectivity index (χ2n) is 6.77. The van der Waals surface area contributed by atoms with Crippen molar-refractivity contribution < 1.29 is 23.9 Å². The van der Waals surface area contributed by atoms with Crippen LogP contribution >= 0.6 is 27.7 Å². The van der Waals surface area contributed by atoms with E-state index in [1.165, 1.54) is 0 Å². The largest absolute Gasteiger partial charge is 0.488 e. The smallest absolute Gasteiger partial charge is 0.326 e. The van der Waals surface area contributed by atoms with Gasteiger partial charge >= 0.3 is 5.97 Å². The molecule has 1 fully saturated rings. The first-order valence-corrected chi connectivity index (χ1v) is 10.9. The number of thioether (sulfide) groups is 1. The predicted molar refractivity (Wildman–Crippen MR) is 119 cm³/mol. The van der Waals surface area contributed by atoms with Crippen LogP contribution in [0.15, 0.2) is 57.9 Å². The normalized spacial score (nSPS) is 15.2. The second kappa shape index (κ2) is 9.95. The minimum atomic E-state index is -0.615. The van der Waals surface area contributed by atoms with Gasteiger partial charge in [0.15, 0.2) is 0 Å². The van der Waals surface area contributed by atoms with Crippen LogP contribution in [0, 0.1) is 0 Å². The van der Waals surface area contributed by atoms with Crippen LogP contribution in [-0.4, -0.2) is 34.7 Å². The number of amides is 2. The molecule has 0 unspecified atom stereocenters. The fraction of sp³-hybridized carbons (Fsp3) is 0.227. The Hall–Kier alpha value is -2.58. The Morgan fingerprint density at radius 1 is 1.17 bits per heavy atom. The average Bonchev–Trinajstić information content (AvgIpc) is 2.95. The van der Waals surface area contributed by atoms with Crippen molar-refractivity contribution in [1.29, 1.82) is 0 Å². The molecule has 0 aromatic heterocycles. The molecule has 3 rings (SSSR count). The minimum Gasteiger partial charge on any atom is -0.488 e. The van der Waals surface area contributed by atoms with Crippen LogP contribution in [-0.2, 0) is 20.9 Å². The lowest BCUT2D eigenvalue weighted by Gasteiger charge is -2.13. The molecule has 0 aliphatic carbocycles. The molecule has 0 spiro atoms. The Morgan fingerprint density at radius 3 is 2.57 bits per heavy atom. The molecule has 1 aliphatic rings. The minimum absolute atomic E-state index is 0.252. The number of halogens is 1. The zero-order valence-corrected chi connectivity index (χ0v) is 18.9. The highest BCUT2D eigenvalue weighted by molar-refractivity contribution is 9.10. The monoisotopic (exact) mass is 489 g/mol. The van der Waals surface area contributed by atoms with Gasteiger partial charge in [0.1, 0.15) is 18.9 Å². The molecule has 0 atom stereocenters. The van der Waals surface area contributed by atoms with Crippen molar-refractivity contribution in [3.05, 3.63) is 69.0 Å². The van der Waals surface area contributed by atoms with E-state index in [-0.39, 0.29) is 11.0 Å². The Labute approximate surface area is 187 Å². The van der Waals surface area contributed by atoms with Gasteiger partial charge in [0.2, 0.25) is 0 Å². The fourth-order valence-corrected chi connectivity index (χ4v) is 4.03. The summed E-state index contributed by atoms with van der Waals surface area (Å²) >= 11 is 4.28. The molecule has 2 amide bonds. The molecule has 8 heteroatoms. The molecule has 1 saturated heterocycles. The number of benzene rings is 2. The van der Waals surface area contributed by atoms with E-state index in [1.807, 2.05) is 30.3 Å². The van der Waals surface area contributed by atoms with E-state index in [2.05, 4.69) is 15.9 Å². The average molecular weight is 490 g/mol. The quantitative estimate of drug-likeness (QED) is 0.401. The SMILES string of the molecule is CC(C)OC(=O)CN1C(=O)S/C(=C/c2ccc(OCc3ccccc3)c(Br)c2)C1=O. The Balaban J connectivity index is 1.67. The maximum atomic E-state index is 12.5. The van der Waals surface area contributed by atoms with Gasteiger partial charge in [0.25, 0.3) is 11.1 Å². The number of imide groups is 1. The van der Waals surface area contributed by atoms with Crippen LogP contribution in [0.5, 0.6) is 5.75 Å². The first-order valence-electron chi connectivity index (χ1n) is 9.24. The number of carbonyl (C=O) groups excluding carboxylic acids is 3. The summed E-state index contributed by atoms with van der Waals surface area (Å²) in [5, 5.41) is -0.492. The molecule has 0 radical (unpaired) electrons. The maximum absolute atomic E-state index is 12.5. The van der Waals surface area contributed by atoms with Gasteiger partial charge < -0.3 is 9.47 Å². The second-order valence-corrected chi connectivity index (χ2v) is 8.62. The number of rotatable bonds is 7. The summed E-state index contributed by atoms with van der Waals surface area (Å²) in [6, 6.07) is 15.2.